The van der Waals surface area contributed by atoms with Crippen LogP contribution in [0.3, 0.4) is 0 Å². The predicted octanol–water partition coefficient (Wildman–Crippen LogP) is 3.58. The average molecular weight is 295 g/mol. The van der Waals surface area contributed by atoms with Gasteiger partial charge in [0.05, 0.1) is 0 Å². The maximum Gasteiger partial charge on any atom is 0.168 e. The van der Waals surface area contributed by atoms with Crippen LogP contribution in [0.1, 0.15) is 25.0 Å². The van der Waals surface area contributed by atoms with Crippen LogP contribution < -0.4 is 0 Å². The molecule has 1 saturated heterocycles. The highest BCUT2D eigenvalue weighted by Crippen LogP contribution is 2.24. The summed E-state index contributed by atoms with van der Waals surface area (Å²) in [6, 6.07) is 6.09. The summed E-state index contributed by atoms with van der Waals surface area (Å²) in [7, 11) is 0. The minimum atomic E-state index is 0.867. The van der Waals surface area contributed by atoms with Crippen LogP contribution in [0, 0.1) is 0 Å². The molecule has 0 atom stereocenters. The lowest BCUT2D eigenvalue weighted by atomic mass is 10.1. The van der Waals surface area contributed by atoms with E-state index in [9.17, 15) is 0 Å². The number of fused-ring (bicyclic) bond motifs is 1. The number of piperidine rings is 1. The van der Waals surface area contributed by atoms with Crippen molar-refractivity contribution in [3.63, 3.8) is 0 Å². The highest BCUT2D eigenvalue weighted by Gasteiger charge is 2.15. The average Bonchev–Trinajstić information content (AvgIpc) is 2.73. The zero-order valence-corrected chi connectivity index (χ0v) is 11.2. The van der Waals surface area contributed by atoms with Gasteiger partial charge < -0.3 is 4.52 Å². The summed E-state index contributed by atoms with van der Waals surface area (Å²) in [6.45, 7) is 3.28. The van der Waals surface area contributed by atoms with Gasteiger partial charge in [0.15, 0.2) is 5.58 Å². The van der Waals surface area contributed by atoms with Gasteiger partial charge in [-0.2, -0.15) is 0 Å². The Balaban J connectivity index is 1.84. The molecule has 1 aromatic heterocycles. The molecule has 2 aromatic rings. The summed E-state index contributed by atoms with van der Waals surface area (Å²) in [5, 5.41) is 5.33. The smallest absolute Gasteiger partial charge is 0.168 e. The Morgan fingerprint density at radius 2 is 2.06 bits per heavy atom. The van der Waals surface area contributed by atoms with Crippen LogP contribution in [0.15, 0.2) is 27.2 Å². The molecule has 0 amide bonds. The second-order valence-electron chi connectivity index (χ2n) is 4.61. The van der Waals surface area contributed by atoms with Gasteiger partial charge in [0.1, 0.15) is 5.69 Å². The lowest BCUT2D eigenvalue weighted by molar-refractivity contribution is 0.216. The number of likely N-dealkylation sites (tertiary alicyclic amines) is 1. The van der Waals surface area contributed by atoms with E-state index >= 15 is 0 Å². The summed E-state index contributed by atoms with van der Waals surface area (Å²) >= 11 is 3.44. The molecular weight excluding hydrogens is 280 g/mol. The third-order valence-electron chi connectivity index (χ3n) is 3.33. The Morgan fingerprint density at radius 1 is 1.24 bits per heavy atom. The SMILES string of the molecule is Brc1ccc2c(CN3CCCCC3)noc2c1. The fourth-order valence-corrected chi connectivity index (χ4v) is 2.75. The summed E-state index contributed by atoms with van der Waals surface area (Å²) in [6.07, 6.45) is 3.98. The van der Waals surface area contributed by atoms with E-state index in [-0.39, 0.29) is 0 Å². The van der Waals surface area contributed by atoms with E-state index in [1.165, 1.54) is 32.4 Å². The molecule has 1 fully saturated rings. The lowest BCUT2D eigenvalue weighted by Gasteiger charge is -2.25. The van der Waals surface area contributed by atoms with Crippen LogP contribution in [0.4, 0.5) is 0 Å². The number of hydrogen-bond donors (Lipinski definition) is 0. The normalized spacial score (nSPS) is 17.7. The molecule has 0 bridgehead atoms. The van der Waals surface area contributed by atoms with Gasteiger partial charge in [-0.3, -0.25) is 4.90 Å². The Morgan fingerprint density at radius 3 is 2.88 bits per heavy atom. The highest BCUT2D eigenvalue weighted by atomic mass is 79.9. The van der Waals surface area contributed by atoms with Gasteiger partial charge in [-0.05, 0) is 44.1 Å². The molecule has 3 rings (SSSR count). The second-order valence-corrected chi connectivity index (χ2v) is 5.52. The van der Waals surface area contributed by atoms with E-state index in [2.05, 4.69) is 32.1 Å². The van der Waals surface area contributed by atoms with Crippen LogP contribution in [-0.2, 0) is 6.54 Å². The van der Waals surface area contributed by atoms with Crippen molar-refractivity contribution in [3.8, 4) is 0 Å². The Kier molecular flexibility index (Phi) is 3.16. The minimum absolute atomic E-state index is 0.867. The molecule has 17 heavy (non-hydrogen) atoms. The van der Waals surface area contributed by atoms with Crippen LogP contribution in [0.2, 0.25) is 0 Å². The first kappa shape index (κ1) is 11.2. The number of aromatic nitrogens is 1. The third-order valence-corrected chi connectivity index (χ3v) is 3.82. The van der Waals surface area contributed by atoms with E-state index in [4.69, 9.17) is 4.52 Å². The minimum Gasteiger partial charge on any atom is -0.356 e. The molecule has 0 radical (unpaired) electrons. The molecule has 1 aliphatic heterocycles. The number of nitrogens with zero attached hydrogens (tertiary/aromatic N) is 2. The van der Waals surface area contributed by atoms with Crippen molar-refractivity contribution in [1.29, 1.82) is 0 Å². The summed E-state index contributed by atoms with van der Waals surface area (Å²) in [4.78, 5) is 2.46. The summed E-state index contributed by atoms with van der Waals surface area (Å²) < 4.78 is 6.40. The molecule has 0 aliphatic carbocycles. The molecule has 0 unspecified atom stereocenters. The number of benzene rings is 1. The molecule has 0 N–H and O–H groups in total. The van der Waals surface area contributed by atoms with E-state index in [0.29, 0.717) is 0 Å². The molecule has 1 aromatic carbocycles. The molecular formula is C13H15BrN2O. The summed E-state index contributed by atoms with van der Waals surface area (Å²) in [5.74, 6) is 0. The van der Waals surface area contributed by atoms with Crippen molar-refractivity contribution in [3.05, 3.63) is 28.4 Å². The maximum atomic E-state index is 5.36. The van der Waals surface area contributed by atoms with Crippen molar-refractivity contribution in [2.45, 2.75) is 25.8 Å². The van der Waals surface area contributed by atoms with Crippen LogP contribution in [0.25, 0.3) is 11.0 Å². The first-order valence-corrected chi connectivity index (χ1v) is 6.88. The Labute approximate surface area is 109 Å². The maximum absolute atomic E-state index is 5.36. The zero-order chi connectivity index (χ0) is 11.7. The van der Waals surface area contributed by atoms with Crippen molar-refractivity contribution in [2.75, 3.05) is 13.1 Å². The van der Waals surface area contributed by atoms with Crippen LogP contribution >= 0.6 is 15.9 Å². The third kappa shape index (κ3) is 2.38. The van der Waals surface area contributed by atoms with Crippen LogP contribution in [-0.4, -0.2) is 23.1 Å². The second kappa shape index (κ2) is 4.78. The monoisotopic (exact) mass is 294 g/mol. The van der Waals surface area contributed by atoms with E-state index < -0.39 is 0 Å². The lowest BCUT2D eigenvalue weighted by Crippen LogP contribution is -2.29. The van der Waals surface area contributed by atoms with Crippen molar-refractivity contribution >= 4 is 26.9 Å². The fourth-order valence-electron chi connectivity index (χ4n) is 2.41. The van der Waals surface area contributed by atoms with Crippen molar-refractivity contribution < 1.29 is 4.52 Å². The quantitative estimate of drug-likeness (QED) is 0.848. The first-order chi connectivity index (χ1) is 8.33. The topological polar surface area (TPSA) is 29.3 Å². The van der Waals surface area contributed by atoms with Gasteiger partial charge >= 0.3 is 0 Å². The Hall–Kier alpha value is -0.870. The first-order valence-electron chi connectivity index (χ1n) is 6.09. The molecule has 0 spiro atoms. The largest absolute Gasteiger partial charge is 0.356 e. The predicted molar refractivity (Wildman–Crippen MR) is 70.8 cm³/mol. The molecule has 0 saturated carbocycles. The van der Waals surface area contributed by atoms with Gasteiger partial charge in [0, 0.05) is 16.4 Å². The highest BCUT2D eigenvalue weighted by molar-refractivity contribution is 9.10. The fraction of sp³-hybridized carbons (Fsp3) is 0.462. The number of hydrogen-bond acceptors (Lipinski definition) is 3. The number of rotatable bonds is 2. The van der Waals surface area contributed by atoms with Crippen molar-refractivity contribution in [2.24, 2.45) is 0 Å². The van der Waals surface area contributed by atoms with E-state index in [0.717, 1.165) is 27.7 Å². The van der Waals surface area contributed by atoms with Gasteiger partial charge in [-0.15, -0.1) is 0 Å². The van der Waals surface area contributed by atoms with Gasteiger partial charge in [-0.25, -0.2) is 0 Å². The molecule has 3 nitrogen and oxygen atoms in total. The Bertz CT molecular complexity index is 517. The van der Waals surface area contributed by atoms with Gasteiger partial charge in [0.25, 0.3) is 0 Å². The molecule has 2 heterocycles. The zero-order valence-electron chi connectivity index (χ0n) is 9.66. The van der Waals surface area contributed by atoms with Gasteiger partial charge in [-0.1, -0.05) is 27.5 Å². The van der Waals surface area contributed by atoms with E-state index in [1.54, 1.807) is 0 Å². The molecule has 90 valence electrons. The van der Waals surface area contributed by atoms with E-state index in [1.807, 2.05) is 12.1 Å². The van der Waals surface area contributed by atoms with Crippen molar-refractivity contribution in [1.82, 2.24) is 10.1 Å². The van der Waals surface area contributed by atoms with Crippen LogP contribution in [0.5, 0.6) is 0 Å². The standard InChI is InChI=1S/C13H15BrN2O/c14-10-4-5-11-12(15-17-13(11)8-10)9-16-6-2-1-3-7-16/h4-5,8H,1-3,6-7,9H2. The summed E-state index contributed by atoms with van der Waals surface area (Å²) in [5.41, 5.74) is 1.93. The molecule has 1 aliphatic rings. The molecule has 4 heteroatoms. The number of halogens is 1. The van der Waals surface area contributed by atoms with Gasteiger partial charge in [0.2, 0.25) is 0 Å².